The SMILES string of the molecule is CCC(C)NC(=O)C1CC(=O)N(c2ccccc2C(C)CC)C1. The van der Waals surface area contributed by atoms with Gasteiger partial charge in [-0.15, -0.1) is 0 Å². The minimum atomic E-state index is -0.249. The second-order valence-electron chi connectivity index (χ2n) is 6.59. The van der Waals surface area contributed by atoms with E-state index in [0.29, 0.717) is 18.9 Å². The average Bonchev–Trinajstić information content (AvgIpc) is 2.95. The lowest BCUT2D eigenvalue weighted by Crippen LogP contribution is -2.38. The second kappa shape index (κ2) is 7.62. The van der Waals surface area contributed by atoms with Crippen LogP contribution in [-0.2, 0) is 9.59 Å². The summed E-state index contributed by atoms with van der Waals surface area (Å²) in [7, 11) is 0. The summed E-state index contributed by atoms with van der Waals surface area (Å²) >= 11 is 0. The Morgan fingerprint density at radius 3 is 2.61 bits per heavy atom. The number of carbonyl (C=O) groups is 2. The van der Waals surface area contributed by atoms with E-state index in [1.54, 1.807) is 4.90 Å². The fraction of sp³-hybridized carbons (Fsp3) is 0.579. The van der Waals surface area contributed by atoms with Crippen molar-refractivity contribution in [2.45, 2.75) is 58.9 Å². The Kier molecular flexibility index (Phi) is 5.80. The van der Waals surface area contributed by atoms with Gasteiger partial charge in [0.05, 0.1) is 5.92 Å². The Labute approximate surface area is 139 Å². The third kappa shape index (κ3) is 3.92. The fourth-order valence-electron chi connectivity index (χ4n) is 2.95. The summed E-state index contributed by atoms with van der Waals surface area (Å²) in [5.74, 6) is 0.190. The van der Waals surface area contributed by atoms with Crippen molar-refractivity contribution in [3.8, 4) is 0 Å². The topological polar surface area (TPSA) is 49.4 Å². The lowest BCUT2D eigenvalue weighted by atomic mass is 9.96. The Morgan fingerprint density at radius 1 is 1.26 bits per heavy atom. The molecule has 1 aliphatic rings. The molecule has 1 aromatic rings. The molecule has 1 heterocycles. The van der Waals surface area contributed by atoms with Gasteiger partial charge < -0.3 is 10.2 Å². The lowest BCUT2D eigenvalue weighted by molar-refractivity contribution is -0.126. The fourth-order valence-corrected chi connectivity index (χ4v) is 2.95. The van der Waals surface area contributed by atoms with Crippen molar-refractivity contribution in [3.05, 3.63) is 29.8 Å². The molecule has 1 aromatic carbocycles. The first-order chi connectivity index (χ1) is 11.0. The maximum atomic E-state index is 12.5. The lowest BCUT2D eigenvalue weighted by Gasteiger charge is -2.23. The molecule has 3 atom stereocenters. The molecule has 0 spiro atoms. The Hall–Kier alpha value is -1.84. The quantitative estimate of drug-likeness (QED) is 0.873. The van der Waals surface area contributed by atoms with Gasteiger partial charge in [-0.1, -0.05) is 39.0 Å². The highest BCUT2D eigenvalue weighted by Crippen LogP contribution is 2.33. The second-order valence-corrected chi connectivity index (χ2v) is 6.59. The van der Waals surface area contributed by atoms with Crippen LogP contribution in [0.3, 0.4) is 0 Å². The highest BCUT2D eigenvalue weighted by Gasteiger charge is 2.36. The van der Waals surface area contributed by atoms with Crippen LogP contribution in [0.5, 0.6) is 0 Å². The highest BCUT2D eigenvalue weighted by molar-refractivity contribution is 6.00. The number of amides is 2. The van der Waals surface area contributed by atoms with Gasteiger partial charge in [-0.25, -0.2) is 0 Å². The van der Waals surface area contributed by atoms with Gasteiger partial charge in [-0.2, -0.15) is 0 Å². The minimum Gasteiger partial charge on any atom is -0.353 e. The largest absolute Gasteiger partial charge is 0.353 e. The molecule has 4 nitrogen and oxygen atoms in total. The molecule has 1 aliphatic heterocycles. The van der Waals surface area contributed by atoms with Crippen molar-refractivity contribution in [1.29, 1.82) is 0 Å². The zero-order chi connectivity index (χ0) is 17.0. The van der Waals surface area contributed by atoms with E-state index in [1.165, 1.54) is 5.56 Å². The van der Waals surface area contributed by atoms with Crippen LogP contribution in [0.1, 0.15) is 58.4 Å². The van der Waals surface area contributed by atoms with Crippen molar-refractivity contribution < 1.29 is 9.59 Å². The number of hydrogen-bond donors (Lipinski definition) is 1. The number of carbonyl (C=O) groups excluding carboxylic acids is 2. The summed E-state index contributed by atoms with van der Waals surface area (Å²) in [5.41, 5.74) is 2.15. The molecule has 2 rings (SSSR count). The number of para-hydroxylation sites is 1. The molecule has 23 heavy (non-hydrogen) atoms. The molecule has 0 radical (unpaired) electrons. The van der Waals surface area contributed by atoms with Crippen LogP contribution in [-0.4, -0.2) is 24.4 Å². The summed E-state index contributed by atoms with van der Waals surface area (Å²) in [4.78, 5) is 26.6. The Bertz CT molecular complexity index is 570. The summed E-state index contributed by atoms with van der Waals surface area (Å²) < 4.78 is 0. The van der Waals surface area contributed by atoms with E-state index >= 15 is 0 Å². The van der Waals surface area contributed by atoms with Crippen LogP contribution < -0.4 is 10.2 Å². The van der Waals surface area contributed by atoms with Crippen LogP contribution >= 0.6 is 0 Å². The molecule has 4 heteroatoms. The van der Waals surface area contributed by atoms with E-state index in [9.17, 15) is 9.59 Å². The van der Waals surface area contributed by atoms with Crippen LogP contribution in [0.2, 0.25) is 0 Å². The molecule has 0 bridgehead atoms. The summed E-state index contributed by atoms with van der Waals surface area (Å²) in [6, 6.07) is 8.20. The monoisotopic (exact) mass is 316 g/mol. The predicted molar refractivity (Wildman–Crippen MR) is 93.5 cm³/mol. The van der Waals surface area contributed by atoms with Gasteiger partial charge in [0.2, 0.25) is 11.8 Å². The van der Waals surface area contributed by atoms with Gasteiger partial charge in [-0.3, -0.25) is 9.59 Å². The van der Waals surface area contributed by atoms with Crippen molar-refractivity contribution in [3.63, 3.8) is 0 Å². The van der Waals surface area contributed by atoms with E-state index in [1.807, 2.05) is 32.0 Å². The Morgan fingerprint density at radius 2 is 1.96 bits per heavy atom. The van der Waals surface area contributed by atoms with Crippen molar-refractivity contribution in [2.24, 2.45) is 5.92 Å². The number of rotatable bonds is 6. The first-order valence-electron chi connectivity index (χ1n) is 8.67. The van der Waals surface area contributed by atoms with E-state index in [-0.39, 0.29) is 23.8 Å². The van der Waals surface area contributed by atoms with Gasteiger partial charge >= 0.3 is 0 Å². The molecule has 1 saturated heterocycles. The number of benzene rings is 1. The molecule has 2 amide bonds. The van der Waals surface area contributed by atoms with Gasteiger partial charge in [-0.05, 0) is 37.3 Å². The van der Waals surface area contributed by atoms with Crippen molar-refractivity contribution in [1.82, 2.24) is 5.32 Å². The van der Waals surface area contributed by atoms with E-state index in [2.05, 4.69) is 25.2 Å². The smallest absolute Gasteiger partial charge is 0.227 e. The maximum Gasteiger partial charge on any atom is 0.227 e. The van der Waals surface area contributed by atoms with E-state index in [4.69, 9.17) is 0 Å². The van der Waals surface area contributed by atoms with Crippen molar-refractivity contribution >= 4 is 17.5 Å². The molecule has 126 valence electrons. The maximum absolute atomic E-state index is 12.5. The molecule has 1 N–H and O–H groups in total. The highest BCUT2D eigenvalue weighted by atomic mass is 16.2. The van der Waals surface area contributed by atoms with Crippen LogP contribution in [0.15, 0.2) is 24.3 Å². The first kappa shape index (κ1) is 17.5. The van der Waals surface area contributed by atoms with Gasteiger partial charge in [0.25, 0.3) is 0 Å². The molecule has 3 unspecified atom stereocenters. The minimum absolute atomic E-state index is 0.00350. The third-order valence-corrected chi connectivity index (χ3v) is 4.87. The number of hydrogen-bond acceptors (Lipinski definition) is 2. The standard InChI is InChI=1S/C19H28N2O2/c1-5-13(3)16-9-7-8-10-17(16)21-12-15(11-18(21)22)19(23)20-14(4)6-2/h7-10,13-15H,5-6,11-12H2,1-4H3,(H,20,23). The molecule has 0 aromatic heterocycles. The van der Waals surface area contributed by atoms with Crippen LogP contribution in [0, 0.1) is 5.92 Å². The number of nitrogens with zero attached hydrogens (tertiary/aromatic N) is 1. The van der Waals surface area contributed by atoms with Gasteiger partial charge in [0.1, 0.15) is 0 Å². The first-order valence-corrected chi connectivity index (χ1v) is 8.67. The zero-order valence-electron chi connectivity index (χ0n) is 14.6. The van der Waals surface area contributed by atoms with Crippen LogP contribution in [0.25, 0.3) is 0 Å². The predicted octanol–water partition coefficient (Wildman–Crippen LogP) is 3.47. The van der Waals surface area contributed by atoms with E-state index in [0.717, 1.165) is 18.5 Å². The Balaban J connectivity index is 2.17. The van der Waals surface area contributed by atoms with Gasteiger partial charge in [0, 0.05) is 24.7 Å². The molecular weight excluding hydrogens is 288 g/mol. The van der Waals surface area contributed by atoms with Crippen LogP contribution in [0.4, 0.5) is 5.69 Å². The zero-order valence-corrected chi connectivity index (χ0v) is 14.6. The molecule has 0 saturated carbocycles. The third-order valence-electron chi connectivity index (χ3n) is 4.87. The molecular formula is C19H28N2O2. The molecule has 0 aliphatic carbocycles. The van der Waals surface area contributed by atoms with Gasteiger partial charge in [0.15, 0.2) is 0 Å². The average molecular weight is 316 g/mol. The summed E-state index contributed by atoms with van der Waals surface area (Å²) in [6.07, 6.45) is 2.22. The van der Waals surface area contributed by atoms with Crippen molar-refractivity contribution in [2.75, 3.05) is 11.4 Å². The summed E-state index contributed by atoms with van der Waals surface area (Å²) in [5, 5.41) is 2.99. The number of anilines is 1. The summed E-state index contributed by atoms with van der Waals surface area (Å²) in [6.45, 7) is 8.83. The number of nitrogens with one attached hydrogen (secondary N) is 1. The normalized spacial score (nSPS) is 20.4. The van der Waals surface area contributed by atoms with E-state index < -0.39 is 0 Å². The molecule has 1 fully saturated rings.